The van der Waals surface area contributed by atoms with E-state index in [9.17, 15) is 5.11 Å². The lowest BCUT2D eigenvalue weighted by atomic mass is 10.0. The van der Waals surface area contributed by atoms with E-state index in [0.717, 1.165) is 35.5 Å². The number of para-hydroxylation sites is 1. The van der Waals surface area contributed by atoms with E-state index in [1.807, 2.05) is 60.7 Å². The van der Waals surface area contributed by atoms with Crippen LogP contribution in [0.1, 0.15) is 35.5 Å². The van der Waals surface area contributed by atoms with Crippen LogP contribution in [-0.2, 0) is 6.42 Å². The highest BCUT2D eigenvalue weighted by Crippen LogP contribution is 2.31. The van der Waals surface area contributed by atoms with Gasteiger partial charge in [0.1, 0.15) is 11.5 Å². The van der Waals surface area contributed by atoms with Gasteiger partial charge in [-0.1, -0.05) is 48.5 Å². The molecule has 0 radical (unpaired) electrons. The van der Waals surface area contributed by atoms with Crippen molar-refractivity contribution >= 4 is 29.9 Å². The van der Waals surface area contributed by atoms with Crippen molar-refractivity contribution in [2.75, 3.05) is 19.7 Å². The second kappa shape index (κ2) is 11.8. The number of hydrogen-bond donors (Lipinski definition) is 3. The molecule has 2 aromatic carbocycles. The fourth-order valence-corrected chi connectivity index (χ4v) is 3.53. The van der Waals surface area contributed by atoms with Gasteiger partial charge in [-0.3, -0.25) is 4.99 Å². The fraction of sp³-hybridized carbons (Fsp3) is 0.292. The molecule has 2 atom stereocenters. The molecule has 0 fully saturated rings. The number of nitrogens with one attached hydrogen (secondary N) is 2. The predicted octanol–water partition coefficient (Wildman–Crippen LogP) is 4.23. The van der Waals surface area contributed by atoms with E-state index in [1.165, 1.54) is 0 Å². The topological polar surface area (TPSA) is 79.0 Å². The number of benzene rings is 2. The van der Waals surface area contributed by atoms with Gasteiger partial charge < -0.3 is 24.9 Å². The number of halogens is 1. The summed E-state index contributed by atoms with van der Waals surface area (Å²) in [6.45, 7) is 1.59. The van der Waals surface area contributed by atoms with Crippen molar-refractivity contribution in [3.05, 3.63) is 89.9 Å². The molecule has 7 heteroatoms. The standard InChI is InChI=1S/C24H27N3O3.HI/c28-22(18-7-2-1-3-8-18)17-26-24(25-14-12-19-9-6-15-29-19)27-21-13-16-30-23-11-5-4-10-20(21)23;/h1-11,15,21-22,28H,12-14,16-17H2,(H2,25,26,27);1H. The second-order valence-corrected chi connectivity index (χ2v) is 7.24. The number of guanidine groups is 1. The molecule has 6 nitrogen and oxygen atoms in total. The van der Waals surface area contributed by atoms with E-state index in [-0.39, 0.29) is 36.6 Å². The molecule has 0 spiro atoms. The van der Waals surface area contributed by atoms with Gasteiger partial charge in [-0.25, -0.2) is 0 Å². The lowest BCUT2D eigenvalue weighted by molar-refractivity contribution is 0.187. The normalized spacial score (nSPS) is 16.4. The third-order valence-corrected chi connectivity index (χ3v) is 5.12. The van der Waals surface area contributed by atoms with Crippen LogP contribution in [0.4, 0.5) is 0 Å². The first-order valence-corrected chi connectivity index (χ1v) is 10.3. The average molecular weight is 533 g/mol. The minimum Gasteiger partial charge on any atom is -0.493 e. The summed E-state index contributed by atoms with van der Waals surface area (Å²) in [6, 6.07) is 21.6. The van der Waals surface area contributed by atoms with Gasteiger partial charge in [-0.15, -0.1) is 24.0 Å². The summed E-state index contributed by atoms with van der Waals surface area (Å²) in [7, 11) is 0. The van der Waals surface area contributed by atoms with Crippen molar-refractivity contribution in [2.24, 2.45) is 4.99 Å². The first kappa shape index (κ1) is 23.1. The van der Waals surface area contributed by atoms with Gasteiger partial charge in [0.2, 0.25) is 0 Å². The van der Waals surface area contributed by atoms with Crippen LogP contribution in [0.2, 0.25) is 0 Å². The summed E-state index contributed by atoms with van der Waals surface area (Å²) in [5.41, 5.74) is 1.97. The molecular formula is C24H28IN3O3. The monoisotopic (exact) mass is 533 g/mol. The Balaban J connectivity index is 0.00000272. The van der Waals surface area contributed by atoms with Crippen LogP contribution >= 0.6 is 24.0 Å². The van der Waals surface area contributed by atoms with E-state index >= 15 is 0 Å². The fourth-order valence-electron chi connectivity index (χ4n) is 3.53. The third-order valence-electron chi connectivity index (χ3n) is 5.12. The van der Waals surface area contributed by atoms with E-state index in [2.05, 4.69) is 21.7 Å². The van der Waals surface area contributed by atoms with Crippen molar-refractivity contribution in [1.82, 2.24) is 10.6 Å². The highest BCUT2D eigenvalue weighted by molar-refractivity contribution is 14.0. The minimum atomic E-state index is -0.656. The van der Waals surface area contributed by atoms with Crippen molar-refractivity contribution < 1.29 is 14.3 Å². The number of ether oxygens (including phenoxy) is 1. The van der Waals surface area contributed by atoms with Crippen LogP contribution in [0.15, 0.2) is 82.4 Å². The van der Waals surface area contributed by atoms with Gasteiger partial charge in [0.05, 0.1) is 31.6 Å². The summed E-state index contributed by atoms with van der Waals surface area (Å²) in [5.74, 6) is 2.49. The number of aliphatic hydroxyl groups excluding tert-OH is 1. The minimum absolute atomic E-state index is 0. The molecule has 31 heavy (non-hydrogen) atoms. The summed E-state index contributed by atoms with van der Waals surface area (Å²) in [5, 5.41) is 17.4. The Morgan fingerprint density at radius 3 is 2.68 bits per heavy atom. The molecule has 3 aromatic rings. The number of furan rings is 1. The van der Waals surface area contributed by atoms with Gasteiger partial charge in [0.25, 0.3) is 0 Å². The lowest BCUT2D eigenvalue weighted by Gasteiger charge is -2.28. The number of hydrogen-bond acceptors (Lipinski definition) is 4. The third kappa shape index (κ3) is 6.48. The maximum atomic E-state index is 10.5. The van der Waals surface area contributed by atoms with Gasteiger partial charge >= 0.3 is 0 Å². The van der Waals surface area contributed by atoms with Gasteiger partial charge in [0.15, 0.2) is 5.96 Å². The van der Waals surface area contributed by atoms with Crippen LogP contribution in [0, 0.1) is 0 Å². The Morgan fingerprint density at radius 2 is 1.87 bits per heavy atom. The molecule has 3 N–H and O–H groups in total. The van der Waals surface area contributed by atoms with Crippen LogP contribution in [0.25, 0.3) is 0 Å². The van der Waals surface area contributed by atoms with Crippen molar-refractivity contribution in [3.63, 3.8) is 0 Å². The molecule has 0 bridgehead atoms. The van der Waals surface area contributed by atoms with E-state index in [4.69, 9.17) is 9.15 Å². The molecule has 0 amide bonds. The molecule has 164 valence electrons. The first-order chi connectivity index (χ1) is 14.8. The quantitative estimate of drug-likeness (QED) is 0.241. The number of aliphatic hydroxyl groups is 1. The maximum Gasteiger partial charge on any atom is 0.191 e. The maximum absolute atomic E-state index is 10.5. The zero-order valence-corrected chi connectivity index (χ0v) is 19.6. The first-order valence-electron chi connectivity index (χ1n) is 10.3. The average Bonchev–Trinajstić information content (AvgIpc) is 3.31. The Morgan fingerprint density at radius 1 is 1.06 bits per heavy atom. The van der Waals surface area contributed by atoms with E-state index in [1.54, 1.807) is 6.26 Å². The molecule has 4 rings (SSSR count). The molecule has 0 aliphatic carbocycles. The van der Waals surface area contributed by atoms with Crippen LogP contribution in [0.3, 0.4) is 0 Å². The Labute approximate surface area is 199 Å². The molecule has 2 unspecified atom stereocenters. The van der Waals surface area contributed by atoms with Crippen molar-refractivity contribution in [3.8, 4) is 5.75 Å². The van der Waals surface area contributed by atoms with Gasteiger partial charge in [-0.2, -0.15) is 0 Å². The zero-order chi connectivity index (χ0) is 20.6. The highest BCUT2D eigenvalue weighted by Gasteiger charge is 2.22. The number of rotatable bonds is 7. The van der Waals surface area contributed by atoms with Crippen LogP contribution in [-0.4, -0.2) is 30.8 Å². The molecule has 1 aliphatic heterocycles. The SMILES string of the molecule is I.OC(CN=C(NCCc1ccco1)NC1CCOc2ccccc21)c1ccccc1. The number of nitrogens with zero attached hydrogens (tertiary/aromatic N) is 1. The molecule has 0 saturated carbocycles. The summed E-state index contributed by atoms with van der Waals surface area (Å²) in [4.78, 5) is 4.66. The Bertz CT molecular complexity index is 948. The van der Waals surface area contributed by atoms with Crippen molar-refractivity contribution in [1.29, 1.82) is 0 Å². The predicted molar refractivity (Wildman–Crippen MR) is 132 cm³/mol. The summed E-state index contributed by atoms with van der Waals surface area (Å²) >= 11 is 0. The lowest BCUT2D eigenvalue weighted by Crippen LogP contribution is -2.42. The molecule has 2 heterocycles. The molecule has 1 aromatic heterocycles. The van der Waals surface area contributed by atoms with Gasteiger partial charge in [0, 0.05) is 24.9 Å². The highest BCUT2D eigenvalue weighted by atomic mass is 127. The van der Waals surface area contributed by atoms with Crippen LogP contribution < -0.4 is 15.4 Å². The number of aliphatic imine (C=N–C) groups is 1. The number of fused-ring (bicyclic) bond motifs is 1. The molecule has 1 aliphatic rings. The summed E-state index contributed by atoms with van der Waals surface area (Å²) in [6.07, 6.45) is 2.62. The molecule has 0 saturated heterocycles. The zero-order valence-electron chi connectivity index (χ0n) is 17.2. The second-order valence-electron chi connectivity index (χ2n) is 7.24. The Kier molecular flexibility index (Phi) is 8.78. The van der Waals surface area contributed by atoms with Crippen molar-refractivity contribution in [2.45, 2.75) is 25.0 Å². The largest absolute Gasteiger partial charge is 0.493 e. The summed E-state index contributed by atoms with van der Waals surface area (Å²) < 4.78 is 11.2. The van der Waals surface area contributed by atoms with Gasteiger partial charge in [-0.05, 0) is 23.8 Å². The van der Waals surface area contributed by atoms with Crippen LogP contribution in [0.5, 0.6) is 5.75 Å². The smallest absolute Gasteiger partial charge is 0.191 e. The van der Waals surface area contributed by atoms with E-state index in [0.29, 0.717) is 19.1 Å². The molecular weight excluding hydrogens is 505 g/mol. The van der Waals surface area contributed by atoms with E-state index < -0.39 is 6.10 Å². The Hall–Kier alpha value is -2.52.